The van der Waals surface area contributed by atoms with E-state index in [0.717, 1.165) is 38.5 Å². The minimum absolute atomic E-state index is 0.0648. The van der Waals surface area contributed by atoms with Gasteiger partial charge in [0, 0.05) is 39.3 Å². The van der Waals surface area contributed by atoms with Crippen molar-refractivity contribution in [3.05, 3.63) is 29.8 Å². The summed E-state index contributed by atoms with van der Waals surface area (Å²) >= 11 is 0. The summed E-state index contributed by atoms with van der Waals surface area (Å²) in [4.78, 5) is 14.5. The molecule has 1 aromatic rings. The van der Waals surface area contributed by atoms with Gasteiger partial charge in [-0.2, -0.15) is 0 Å². The first-order valence-corrected chi connectivity index (χ1v) is 8.84. The second-order valence-electron chi connectivity index (χ2n) is 7.42. The van der Waals surface area contributed by atoms with Gasteiger partial charge in [0.2, 0.25) is 0 Å². The Morgan fingerprint density at radius 1 is 1.25 bits per heavy atom. The van der Waals surface area contributed by atoms with Gasteiger partial charge in [-0.15, -0.1) is 0 Å². The molecule has 5 nitrogen and oxygen atoms in total. The van der Waals surface area contributed by atoms with Gasteiger partial charge in [-0.25, -0.2) is 0 Å². The molecule has 2 rings (SSSR count). The van der Waals surface area contributed by atoms with Crippen LogP contribution in [0.15, 0.2) is 24.3 Å². The number of benzene rings is 1. The fourth-order valence-electron chi connectivity index (χ4n) is 2.71. The summed E-state index contributed by atoms with van der Waals surface area (Å²) in [6.45, 7) is 14.0. The molecule has 0 spiro atoms. The number of carbonyl (C=O) groups is 1. The lowest BCUT2D eigenvalue weighted by Gasteiger charge is -2.27. The largest absolute Gasteiger partial charge is 0.481 e. The maximum absolute atomic E-state index is 12.1. The Bertz CT molecular complexity index is 516. The van der Waals surface area contributed by atoms with Crippen molar-refractivity contribution >= 4 is 5.91 Å². The standard InChI is InChI=1S/C19H31N3O2/c1-15(18(23)21-11-14-22-12-9-20-10-13-22)24-17-7-5-16(6-8-17)19(2,3)4/h5-8,15,20H,9-14H2,1-4H3,(H,21,23). The number of nitrogens with zero attached hydrogens (tertiary/aromatic N) is 1. The third kappa shape index (κ3) is 5.80. The number of piperazine rings is 1. The molecule has 134 valence electrons. The van der Waals surface area contributed by atoms with Crippen LogP contribution in [0.4, 0.5) is 0 Å². The second kappa shape index (κ2) is 8.49. The number of ether oxygens (including phenoxy) is 1. The molecule has 1 aliphatic heterocycles. The van der Waals surface area contributed by atoms with Crippen molar-refractivity contribution in [2.45, 2.75) is 39.2 Å². The van der Waals surface area contributed by atoms with Gasteiger partial charge < -0.3 is 15.4 Å². The molecule has 1 saturated heterocycles. The molecule has 0 bridgehead atoms. The van der Waals surface area contributed by atoms with Crippen LogP contribution in [0.1, 0.15) is 33.3 Å². The molecule has 0 saturated carbocycles. The minimum Gasteiger partial charge on any atom is -0.481 e. The highest BCUT2D eigenvalue weighted by atomic mass is 16.5. The summed E-state index contributed by atoms with van der Waals surface area (Å²) < 4.78 is 5.75. The molecule has 5 heteroatoms. The van der Waals surface area contributed by atoms with E-state index >= 15 is 0 Å². The Morgan fingerprint density at radius 2 is 1.88 bits per heavy atom. The average molecular weight is 333 g/mol. The zero-order valence-corrected chi connectivity index (χ0v) is 15.4. The minimum atomic E-state index is -0.492. The zero-order valence-electron chi connectivity index (χ0n) is 15.4. The smallest absolute Gasteiger partial charge is 0.260 e. The summed E-state index contributed by atoms with van der Waals surface area (Å²) in [5, 5.41) is 6.28. The quantitative estimate of drug-likeness (QED) is 0.833. The highest BCUT2D eigenvalue weighted by Crippen LogP contribution is 2.24. The maximum Gasteiger partial charge on any atom is 0.260 e. The lowest BCUT2D eigenvalue weighted by molar-refractivity contribution is -0.127. The van der Waals surface area contributed by atoms with Crippen LogP contribution in [-0.2, 0) is 10.2 Å². The first-order valence-electron chi connectivity index (χ1n) is 8.84. The topological polar surface area (TPSA) is 53.6 Å². The molecular formula is C19H31N3O2. The van der Waals surface area contributed by atoms with Gasteiger partial charge in [0.25, 0.3) is 5.91 Å². The molecule has 24 heavy (non-hydrogen) atoms. The number of amides is 1. The van der Waals surface area contributed by atoms with Crippen LogP contribution in [0.2, 0.25) is 0 Å². The van der Waals surface area contributed by atoms with E-state index in [0.29, 0.717) is 6.54 Å². The lowest BCUT2D eigenvalue weighted by atomic mass is 9.87. The van der Waals surface area contributed by atoms with Gasteiger partial charge in [0.05, 0.1) is 0 Å². The van der Waals surface area contributed by atoms with Crippen LogP contribution in [0, 0.1) is 0 Å². The van der Waals surface area contributed by atoms with Gasteiger partial charge in [-0.3, -0.25) is 9.69 Å². The van der Waals surface area contributed by atoms with Crippen molar-refractivity contribution < 1.29 is 9.53 Å². The molecule has 0 aromatic heterocycles. The molecule has 1 aliphatic rings. The van der Waals surface area contributed by atoms with Gasteiger partial charge in [-0.1, -0.05) is 32.9 Å². The fraction of sp³-hybridized carbons (Fsp3) is 0.632. The summed E-state index contributed by atoms with van der Waals surface area (Å²) in [7, 11) is 0. The number of carbonyl (C=O) groups excluding carboxylic acids is 1. The SMILES string of the molecule is CC(Oc1ccc(C(C)(C)C)cc1)C(=O)NCCN1CCNCC1. The van der Waals surface area contributed by atoms with E-state index in [-0.39, 0.29) is 11.3 Å². The van der Waals surface area contributed by atoms with Crippen molar-refractivity contribution in [2.75, 3.05) is 39.3 Å². The highest BCUT2D eigenvalue weighted by molar-refractivity contribution is 5.80. The molecule has 0 aliphatic carbocycles. The normalized spacial score (nSPS) is 17.3. The van der Waals surface area contributed by atoms with Gasteiger partial charge >= 0.3 is 0 Å². The van der Waals surface area contributed by atoms with Crippen LogP contribution in [0.3, 0.4) is 0 Å². The zero-order chi connectivity index (χ0) is 17.6. The summed E-state index contributed by atoms with van der Waals surface area (Å²) in [5.41, 5.74) is 1.37. The summed E-state index contributed by atoms with van der Waals surface area (Å²) in [6, 6.07) is 7.99. The van der Waals surface area contributed by atoms with Crippen molar-refractivity contribution in [1.29, 1.82) is 0 Å². The summed E-state index contributed by atoms with van der Waals surface area (Å²) in [5.74, 6) is 0.665. The van der Waals surface area contributed by atoms with Crippen molar-refractivity contribution in [2.24, 2.45) is 0 Å². The number of nitrogens with one attached hydrogen (secondary N) is 2. The van der Waals surface area contributed by atoms with E-state index in [9.17, 15) is 4.79 Å². The van der Waals surface area contributed by atoms with E-state index in [2.05, 4.69) is 48.4 Å². The molecule has 1 amide bonds. The molecule has 2 N–H and O–H groups in total. The second-order valence-corrected chi connectivity index (χ2v) is 7.42. The van der Waals surface area contributed by atoms with Gasteiger partial charge in [-0.05, 0) is 30.0 Å². The lowest BCUT2D eigenvalue weighted by Crippen LogP contribution is -2.47. The molecule has 1 atom stereocenters. The third-order valence-corrected chi connectivity index (χ3v) is 4.34. The van der Waals surface area contributed by atoms with Crippen molar-refractivity contribution in [1.82, 2.24) is 15.5 Å². The Kier molecular flexibility index (Phi) is 6.63. The Morgan fingerprint density at radius 3 is 2.46 bits per heavy atom. The van der Waals surface area contributed by atoms with E-state index in [1.165, 1.54) is 5.56 Å². The molecular weight excluding hydrogens is 302 g/mol. The number of rotatable bonds is 6. The molecule has 1 unspecified atom stereocenters. The highest BCUT2D eigenvalue weighted by Gasteiger charge is 2.17. The summed E-state index contributed by atoms with van der Waals surface area (Å²) in [6.07, 6.45) is -0.492. The van der Waals surface area contributed by atoms with E-state index < -0.39 is 6.10 Å². The predicted octanol–water partition coefficient (Wildman–Crippen LogP) is 1.77. The molecule has 1 fully saturated rings. The van der Waals surface area contributed by atoms with E-state index in [4.69, 9.17) is 4.74 Å². The number of hydrogen-bond donors (Lipinski definition) is 2. The molecule has 0 radical (unpaired) electrons. The first kappa shape index (κ1) is 18.7. The Hall–Kier alpha value is -1.59. The monoisotopic (exact) mass is 333 g/mol. The number of hydrogen-bond acceptors (Lipinski definition) is 4. The van der Waals surface area contributed by atoms with Crippen LogP contribution < -0.4 is 15.4 Å². The average Bonchev–Trinajstić information content (AvgIpc) is 2.55. The van der Waals surface area contributed by atoms with Crippen molar-refractivity contribution in [3.63, 3.8) is 0 Å². The van der Waals surface area contributed by atoms with Gasteiger partial charge in [0.15, 0.2) is 6.10 Å². The van der Waals surface area contributed by atoms with Crippen molar-refractivity contribution in [3.8, 4) is 5.75 Å². The Balaban J connectivity index is 1.74. The van der Waals surface area contributed by atoms with Crippen LogP contribution >= 0.6 is 0 Å². The maximum atomic E-state index is 12.1. The predicted molar refractivity (Wildman–Crippen MR) is 97.6 cm³/mol. The van der Waals surface area contributed by atoms with Crippen LogP contribution in [0.25, 0.3) is 0 Å². The van der Waals surface area contributed by atoms with E-state index in [1.54, 1.807) is 6.92 Å². The Labute approximate surface area is 145 Å². The molecule has 1 aromatic carbocycles. The fourth-order valence-corrected chi connectivity index (χ4v) is 2.71. The van der Waals surface area contributed by atoms with Crippen LogP contribution in [0.5, 0.6) is 5.75 Å². The van der Waals surface area contributed by atoms with Gasteiger partial charge in [0.1, 0.15) is 5.75 Å². The third-order valence-electron chi connectivity index (χ3n) is 4.34. The van der Waals surface area contributed by atoms with E-state index in [1.807, 2.05) is 12.1 Å². The van der Waals surface area contributed by atoms with Crippen LogP contribution in [-0.4, -0.2) is 56.2 Å². The first-order chi connectivity index (χ1) is 11.4. The molecule has 1 heterocycles.